The van der Waals surface area contributed by atoms with Gasteiger partial charge < -0.3 is 14.8 Å². The second-order valence-corrected chi connectivity index (χ2v) is 2.29. The zero-order valence-electron chi connectivity index (χ0n) is 8.21. The topological polar surface area (TPSA) is 47.6 Å². The van der Waals surface area contributed by atoms with Crippen molar-refractivity contribution in [1.29, 1.82) is 0 Å². The highest BCUT2D eigenvalue weighted by Crippen LogP contribution is 1.92. The fourth-order valence-corrected chi connectivity index (χ4v) is 0.794. The summed E-state index contributed by atoms with van der Waals surface area (Å²) < 4.78 is 10.4. The third-order valence-corrected chi connectivity index (χ3v) is 1.33. The summed E-state index contributed by atoms with van der Waals surface area (Å²) in [6.07, 6.45) is 0.855. The van der Waals surface area contributed by atoms with Crippen LogP contribution in [0.1, 0.15) is 13.8 Å². The SMILES string of the molecule is C=CC(=O)NCC(OCC)OCC. The molecule has 4 nitrogen and oxygen atoms in total. The fraction of sp³-hybridized carbons (Fsp3) is 0.667. The molecule has 1 N–H and O–H groups in total. The molecule has 0 atom stereocenters. The van der Waals surface area contributed by atoms with Gasteiger partial charge in [0.05, 0.1) is 6.54 Å². The highest BCUT2D eigenvalue weighted by Gasteiger charge is 2.07. The largest absolute Gasteiger partial charge is 0.351 e. The van der Waals surface area contributed by atoms with Gasteiger partial charge in [-0.15, -0.1) is 0 Å². The quantitative estimate of drug-likeness (QED) is 0.471. The minimum atomic E-state index is -0.362. The Balaban J connectivity index is 3.67. The molecule has 0 aromatic carbocycles. The zero-order chi connectivity index (χ0) is 10.1. The number of carbonyl (C=O) groups is 1. The minimum absolute atomic E-state index is 0.218. The molecule has 0 bridgehead atoms. The zero-order valence-corrected chi connectivity index (χ0v) is 8.21. The molecule has 0 fully saturated rings. The smallest absolute Gasteiger partial charge is 0.243 e. The molecule has 0 aromatic rings. The van der Waals surface area contributed by atoms with Gasteiger partial charge in [0.25, 0.3) is 0 Å². The standard InChI is InChI=1S/C9H17NO3/c1-4-8(11)10-7-9(12-5-2)13-6-3/h4,9H,1,5-7H2,2-3H3,(H,10,11). The van der Waals surface area contributed by atoms with Gasteiger partial charge in [0.15, 0.2) is 6.29 Å². The molecule has 0 aliphatic carbocycles. The van der Waals surface area contributed by atoms with Crippen molar-refractivity contribution in [1.82, 2.24) is 5.32 Å². The van der Waals surface area contributed by atoms with Crippen LogP contribution in [0.15, 0.2) is 12.7 Å². The molecule has 76 valence electrons. The van der Waals surface area contributed by atoms with Crippen molar-refractivity contribution < 1.29 is 14.3 Å². The Morgan fingerprint density at radius 1 is 1.46 bits per heavy atom. The van der Waals surface area contributed by atoms with Crippen molar-refractivity contribution in [2.45, 2.75) is 20.1 Å². The number of carbonyl (C=O) groups excluding carboxylic acids is 1. The lowest BCUT2D eigenvalue weighted by atomic mass is 10.5. The lowest BCUT2D eigenvalue weighted by Gasteiger charge is -2.16. The first kappa shape index (κ1) is 12.1. The van der Waals surface area contributed by atoms with E-state index < -0.39 is 0 Å². The van der Waals surface area contributed by atoms with Gasteiger partial charge in [-0.2, -0.15) is 0 Å². The molecular formula is C9H17NO3. The van der Waals surface area contributed by atoms with Gasteiger partial charge in [-0.1, -0.05) is 6.58 Å². The molecule has 0 heterocycles. The van der Waals surface area contributed by atoms with E-state index in [1.807, 2.05) is 13.8 Å². The summed E-state index contributed by atoms with van der Waals surface area (Å²) in [7, 11) is 0. The molecule has 0 aromatic heterocycles. The molecule has 0 aliphatic heterocycles. The minimum Gasteiger partial charge on any atom is -0.351 e. The third-order valence-electron chi connectivity index (χ3n) is 1.33. The molecule has 0 saturated carbocycles. The van der Waals surface area contributed by atoms with Crippen LogP contribution in [0, 0.1) is 0 Å². The average Bonchev–Trinajstić information content (AvgIpc) is 2.14. The van der Waals surface area contributed by atoms with Gasteiger partial charge in [-0.25, -0.2) is 0 Å². The lowest BCUT2D eigenvalue weighted by Crippen LogP contribution is -2.34. The van der Waals surface area contributed by atoms with E-state index in [9.17, 15) is 4.79 Å². The second-order valence-electron chi connectivity index (χ2n) is 2.29. The monoisotopic (exact) mass is 187 g/mol. The predicted molar refractivity (Wildman–Crippen MR) is 50.2 cm³/mol. The van der Waals surface area contributed by atoms with Crippen LogP contribution >= 0.6 is 0 Å². The van der Waals surface area contributed by atoms with E-state index in [1.54, 1.807) is 0 Å². The maximum Gasteiger partial charge on any atom is 0.243 e. The Hall–Kier alpha value is -0.870. The van der Waals surface area contributed by atoms with Crippen molar-refractivity contribution in [3.63, 3.8) is 0 Å². The summed E-state index contributed by atoms with van der Waals surface area (Å²) in [6, 6.07) is 0. The molecule has 13 heavy (non-hydrogen) atoms. The Kier molecular flexibility index (Phi) is 7.24. The van der Waals surface area contributed by atoms with Crippen LogP contribution in [-0.4, -0.2) is 32.0 Å². The van der Waals surface area contributed by atoms with Crippen LogP contribution in [0.5, 0.6) is 0 Å². The summed E-state index contributed by atoms with van der Waals surface area (Å²) >= 11 is 0. The summed E-state index contributed by atoms with van der Waals surface area (Å²) in [5.74, 6) is -0.218. The predicted octanol–water partition coefficient (Wildman–Crippen LogP) is 0.688. The number of ether oxygens (including phenoxy) is 2. The van der Waals surface area contributed by atoms with E-state index in [4.69, 9.17) is 9.47 Å². The molecule has 0 rings (SSSR count). The number of hydrogen-bond donors (Lipinski definition) is 1. The summed E-state index contributed by atoms with van der Waals surface area (Å²) in [5, 5.41) is 2.60. The molecule has 1 amide bonds. The first-order valence-corrected chi connectivity index (χ1v) is 4.38. The molecule has 0 aliphatic rings. The average molecular weight is 187 g/mol. The van der Waals surface area contributed by atoms with E-state index in [-0.39, 0.29) is 12.2 Å². The summed E-state index contributed by atoms with van der Waals surface area (Å²) in [6.45, 7) is 8.57. The molecule has 4 heteroatoms. The third kappa shape index (κ3) is 6.31. The van der Waals surface area contributed by atoms with Gasteiger partial charge in [0, 0.05) is 13.2 Å². The fourth-order valence-electron chi connectivity index (χ4n) is 0.794. The van der Waals surface area contributed by atoms with E-state index in [1.165, 1.54) is 6.08 Å². The van der Waals surface area contributed by atoms with Crippen LogP contribution in [0.2, 0.25) is 0 Å². The van der Waals surface area contributed by atoms with Crippen LogP contribution in [0.3, 0.4) is 0 Å². The Labute approximate surface area is 78.9 Å². The van der Waals surface area contributed by atoms with Crippen molar-refractivity contribution >= 4 is 5.91 Å². The molecule has 0 spiro atoms. The highest BCUT2D eigenvalue weighted by molar-refractivity contribution is 5.86. The Morgan fingerprint density at radius 2 is 2.00 bits per heavy atom. The van der Waals surface area contributed by atoms with Crippen LogP contribution < -0.4 is 5.32 Å². The van der Waals surface area contributed by atoms with Crippen molar-refractivity contribution in [2.75, 3.05) is 19.8 Å². The summed E-state index contributed by atoms with van der Waals surface area (Å²) in [4.78, 5) is 10.8. The van der Waals surface area contributed by atoms with Crippen molar-refractivity contribution in [3.8, 4) is 0 Å². The van der Waals surface area contributed by atoms with E-state index in [0.29, 0.717) is 19.8 Å². The van der Waals surface area contributed by atoms with Gasteiger partial charge in [0.2, 0.25) is 5.91 Å². The van der Waals surface area contributed by atoms with Crippen LogP contribution in [0.25, 0.3) is 0 Å². The van der Waals surface area contributed by atoms with Gasteiger partial charge >= 0.3 is 0 Å². The highest BCUT2D eigenvalue weighted by atomic mass is 16.7. The van der Waals surface area contributed by atoms with Crippen molar-refractivity contribution in [3.05, 3.63) is 12.7 Å². The Bertz CT molecular complexity index is 153. The van der Waals surface area contributed by atoms with Gasteiger partial charge in [0.1, 0.15) is 0 Å². The number of rotatable bonds is 7. The molecular weight excluding hydrogens is 170 g/mol. The van der Waals surface area contributed by atoms with E-state index in [0.717, 1.165) is 0 Å². The maximum atomic E-state index is 10.8. The van der Waals surface area contributed by atoms with Crippen LogP contribution in [-0.2, 0) is 14.3 Å². The maximum absolute atomic E-state index is 10.8. The molecule has 0 unspecified atom stereocenters. The second kappa shape index (κ2) is 7.76. The summed E-state index contributed by atoms with van der Waals surface area (Å²) in [5.41, 5.74) is 0. The Morgan fingerprint density at radius 3 is 2.38 bits per heavy atom. The molecule has 0 radical (unpaired) electrons. The van der Waals surface area contributed by atoms with Crippen LogP contribution in [0.4, 0.5) is 0 Å². The number of amides is 1. The number of hydrogen-bond acceptors (Lipinski definition) is 3. The van der Waals surface area contributed by atoms with Gasteiger partial charge in [-0.3, -0.25) is 4.79 Å². The normalized spacial score (nSPS) is 10.1. The van der Waals surface area contributed by atoms with Gasteiger partial charge in [-0.05, 0) is 19.9 Å². The van der Waals surface area contributed by atoms with E-state index in [2.05, 4.69) is 11.9 Å². The van der Waals surface area contributed by atoms with E-state index >= 15 is 0 Å². The first-order chi connectivity index (χ1) is 6.24. The first-order valence-electron chi connectivity index (χ1n) is 4.38. The van der Waals surface area contributed by atoms with Crippen molar-refractivity contribution in [2.24, 2.45) is 0 Å². The molecule has 0 saturated heterocycles. The lowest BCUT2D eigenvalue weighted by molar-refractivity contribution is -0.138. The number of nitrogens with one attached hydrogen (secondary N) is 1.